The molecule has 3 fully saturated rings. The number of carbonyl (C=O) groups excluding carboxylic acids is 1. The number of likely N-dealkylation sites (tertiary alicyclic amines) is 1. The lowest BCUT2D eigenvalue weighted by Crippen LogP contribution is -2.52. The highest BCUT2D eigenvalue weighted by Gasteiger charge is 2.42. The van der Waals surface area contributed by atoms with Gasteiger partial charge in [-0.25, -0.2) is 8.42 Å². The Morgan fingerprint density at radius 2 is 1.80 bits per heavy atom. The first-order chi connectivity index (χ1) is 22.0. The Kier molecular flexibility index (Phi) is 11.5. The van der Waals surface area contributed by atoms with E-state index in [2.05, 4.69) is 26.7 Å². The molecule has 1 aromatic carbocycles. The van der Waals surface area contributed by atoms with Crippen LogP contribution in [-0.4, -0.2) is 117 Å². The van der Waals surface area contributed by atoms with Crippen LogP contribution in [0, 0.1) is 0 Å². The van der Waals surface area contributed by atoms with Crippen molar-refractivity contribution in [2.45, 2.75) is 73.7 Å². The molecule has 0 saturated carbocycles. The fourth-order valence-electron chi connectivity index (χ4n) is 7.06. The lowest BCUT2D eigenvalue weighted by molar-refractivity contribution is -0.137. The first-order valence-electron chi connectivity index (χ1n) is 16.4. The summed E-state index contributed by atoms with van der Waals surface area (Å²) in [4.78, 5) is 23.4. The van der Waals surface area contributed by atoms with Crippen molar-refractivity contribution in [3.8, 4) is 0 Å². The smallest absolute Gasteiger partial charge is 0.370 e. The lowest BCUT2D eigenvalue weighted by Gasteiger charge is -2.45. The predicted octanol–water partition coefficient (Wildman–Crippen LogP) is 4.25. The van der Waals surface area contributed by atoms with Gasteiger partial charge in [0.1, 0.15) is 6.29 Å². The molecule has 2 unspecified atom stereocenters. The number of alkyl halides is 3. The number of ether oxygens (including phenoxy) is 1. The molecular weight excluding hydrogens is 619 g/mol. The molecule has 0 N–H and O–H groups in total. The molecule has 0 bridgehead atoms. The fourth-order valence-corrected chi connectivity index (χ4v) is 8.81. The van der Waals surface area contributed by atoms with Gasteiger partial charge in [0.25, 0.3) is 0 Å². The maximum atomic E-state index is 13.6. The van der Waals surface area contributed by atoms with Crippen LogP contribution in [0.25, 0.3) is 0 Å². The van der Waals surface area contributed by atoms with Crippen molar-refractivity contribution in [2.24, 2.45) is 0 Å². The van der Waals surface area contributed by atoms with Crippen LogP contribution >= 0.6 is 0 Å². The minimum absolute atomic E-state index is 0.209. The van der Waals surface area contributed by atoms with Crippen molar-refractivity contribution >= 4 is 16.3 Å². The molecule has 3 aliphatic heterocycles. The van der Waals surface area contributed by atoms with Crippen molar-refractivity contribution in [1.82, 2.24) is 24.0 Å². The molecule has 0 amide bonds. The Hall–Kier alpha value is -2.42. The van der Waals surface area contributed by atoms with E-state index in [1.54, 1.807) is 6.20 Å². The van der Waals surface area contributed by atoms with Crippen LogP contribution in [0.5, 0.6) is 0 Å². The minimum atomic E-state index is -4.65. The normalized spacial score (nSPS) is 23.3. The maximum Gasteiger partial charge on any atom is 0.416 e. The zero-order valence-electron chi connectivity index (χ0n) is 26.6. The van der Waals surface area contributed by atoms with Crippen molar-refractivity contribution in [3.63, 3.8) is 0 Å². The van der Waals surface area contributed by atoms with Gasteiger partial charge in [0.05, 0.1) is 22.1 Å². The number of halogens is 3. The first-order valence-corrected chi connectivity index (χ1v) is 17.8. The third-order valence-electron chi connectivity index (χ3n) is 9.87. The second-order valence-electron chi connectivity index (χ2n) is 12.8. The zero-order valence-corrected chi connectivity index (χ0v) is 27.4. The number of pyridine rings is 1. The van der Waals surface area contributed by atoms with Gasteiger partial charge < -0.3 is 19.3 Å². The summed E-state index contributed by atoms with van der Waals surface area (Å²) < 4.78 is 75.4. The van der Waals surface area contributed by atoms with Gasteiger partial charge in [0.15, 0.2) is 0 Å². The number of benzene rings is 1. The molecule has 2 atom stereocenters. The fraction of sp³-hybridized carbons (Fsp3) is 0.636. The Labute approximate surface area is 270 Å². The summed E-state index contributed by atoms with van der Waals surface area (Å²) in [7, 11) is -2.04. The number of hydrogen-bond acceptors (Lipinski definition) is 8. The minimum Gasteiger partial charge on any atom is -0.370 e. The summed E-state index contributed by atoms with van der Waals surface area (Å²) in [6.07, 6.45) is 4.31. The molecule has 0 aliphatic carbocycles. The Morgan fingerprint density at radius 1 is 1.04 bits per heavy atom. The Balaban J connectivity index is 1.23. The average Bonchev–Trinajstić information content (AvgIpc) is 3.07. The van der Waals surface area contributed by atoms with E-state index < -0.39 is 39.4 Å². The Bertz CT molecular complexity index is 1380. The summed E-state index contributed by atoms with van der Waals surface area (Å²) in [5.41, 5.74) is -0.508. The lowest BCUT2D eigenvalue weighted by atomic mass is 9.84. The molecule has 46 heavy (non-hydrogen) atoms. The molecular formula is C33H46F3N5O4S. The predicted molar refractivity (Wildman–Crippen MR) is 169 cm³/mol. The van der Waals surface area contributed by atoms with E-state index in [9.17, 15) is 26.4 Å². The number of piperidine rings is 2. The van der Waals surface area contributed by atoms with Crippen molar-refractivity contribution in [1.29, 1.82) is 0 Å². The molecule has 0 radical (unpaired) electrons. The van der Waals surface area contributed by atoms with Crippen LogP contribution in [0.1, 0.15) is 56.1 Å². The Morgan fingerprint density at radius 3 is 2.48 bits per heavy atom. The standard InChI is InChI=1S/C33H46F3N5O4S/c1-38-18-20-39(21-19-38)14-6-22-45-32(28-8-5-13-37-25-28)11-16-40(17-12-32)30(26-42)24-29-9-2-3-15-41(29)46(43,44)31-10-4-7-27(23-31)33(34,35)36/h4-5,7-8,10,13,23,25-26,29-30H,2-3,6,9,11-12,14-22,24H2,1H3. The number of hydrogen-bond donors (Lipinski definition) is 0. The van der Waals surface area contributed by atoms with E-state index in [4.69, 9.17) is 4.74 Å². The van der Waals surface area contributed by atoms with Crippen LogP contribution in [-0.2, 0) is 31.3 Å². The molecule has 3 saturated heterocycles. The van der Waals surface area contributed by atoms with Crippen LogP contribution in [0.2, 0.25) is 0 Å². The second-order valence-corrected chi connectivity index (χ2v) is 14.7. The number of aldehydes is 1. The van der Waals surface area contributed by atoms with Gasteiger partial charge in [0.2, 0.25) is 10.0 Å². The van der Waals surface area contributed by atoms with Crippen LogP contribution in [0.4, 0.5) is 13.2 Å². The molecule has 0 spiro atoms. The van der Waals surface area contributed by atoms with Crippen molar-refractivity contribution in [2.75, 3.05) is 66.0 Å². The van der Waals surface area contributed by atoms with Crippen molar-refractivity contribution < 1.29 is 31.1 Å². The quantitative estimate of drug-likeness (QED) is 0.246. The van der Waals surface area contributed by atoms with Gasteiger partial charge in [-0.1, -0.05) is 18.6 Å². The molecule has 1 aromatic heterocycles. The van der Waals surface area contributed by atoms with Gasteiger partial charge in [-0.3, -0.25) is 9.88 Å². The van der Waals surface area contributed by atoms with E-state index in [0.29, 0.717) is 51.4 Å². The van der Waals surface area contributed by atoms with E-state index in [0.717, 1.165) is 69.5 Å². The van der Waals surface area contributed by atoms with Gasteiger partial charge in [-0.05, 0) is 69.8 Å². The van der Waals surface area contributed by atoms with E-state index in [-0.39, 0.29) is 17.9 Å². The molecule has 2 aromatic rings. The maximum absolute atomic E-state index is 13.6. The van der Waals surface area contributed by atoms with Gasteiger partial charge >= 0.3 is 6.18 Å². The summed E-state index contributed by atoms with van der Waals surface area (Å²) in [6, 6.07) is 6.85. The van der Waals surface area contributed by atoms with Crippen LogP contribution < -0.4 is 0 Å². The zero-order chi connectivity index (χ0) is 32.8. The summed E-state index contributed by atoms with van der Waals surface area (Å²) in [6.45, 7) is 7.25. The van der Waals surface area contributed by atoms with Crippen LogP contribution in [0.15, 0.2) is 53.7 Å². The number of likely N-dealkylation sites (N-methyl/N-ethyl adjacent to an activating group) is 1. The first kappa shape index (κ1) is 34.9. The highest BCUT2D eigenvalue weighted by atomic mass is 32.2. The highest BCUT2D eigenvalue weighted by molar-refractivity contribution is 7.89. The number of nitrogens with zero attached hydrogens (tertiary/aromatic N) is 5. The molecule has 13 heteroatoms. The molecule has 5 rings (SSSR count). The van der Waals surface area contributed by atoms with E-state index in [1.165, 1.54) is 10.4 Å². The molecule has 4 heterocycles. The SMILES string of the molecule is CN1CCN(CCCOC2(c3cccnc3)CCN(C(C=O)CC3CCCCN3S(=O)(=O)c3cccc(C(F)(F)F)c3)CC2)CC1. The average molecular weight is 666 g/mol. The molecule has 9 nitrogen and oxygen atoms in total. The third-order valence-corrected chi connectivity index (χ3v) is 11.8. The number of rotatable bonds is 12. The summed E-state index contributed by atoms with van der Waals surface area (Å²) in [5, 5.41) is 0. The number of carbonyl (C=O) groups is 1. The van der Waals surface area contributed by atoms with Gasteiger partial charge in [-0.2, -0.15) is 17.5 Å². The van der Waals surface area contributed by atoms with Crippen molar-refractivity contribution in [3.05, 3.63) is 59.9 Å². The summed E-state index contributed by atoms with van der Waals surface area (Å²) >= 11 is 0. The monoisotopic (exact) mass is 665 g/mol. The summed E-state index contributed by atoms with van der Waals surface area (Å²) in [5.74, 6) is 0. The van der Waals surface area contributed by atoms with Crippen LogP contribution in [0.3, 0.4) is 0 Å². The van der Waals surface area contributed by atoms with Gasteiger partial charge in [0, 0.05) is 83.0 Å². The number of piperazine rings is 1. The topological polar surface area (TPSA) is 86.3 Å². The largest absolute Gasteiger partial charge is 0.416 e. The van der Waals surface area contributed by atoms with E-state index in [1.807, 2.05) is 18.3 Å². The number of sulfonamides is 1. The second kappa shape index (κ2) is 15.2. The highest BCUT2D eigenvalue weighted by Crippen LogP contribution is 2.38. The number of aromatic nitrogens is 1. The third kappa shape index (κ3) is 8.35. The molecule has 3 aliphatic rings. The molecule has 254 valence electrons. The van der Waals surface area contributed by atoms with E-state index >= 15 is 0 Å². The van der Waals surface area contributed by atoms with Gasteiger partial charge in [-0.15, -0.1) is 0 Å².